The third kappa shape index (κ3) is 4.53. The van der Waals surface area contributed by atoms with E-state index in [0.717, 1.165) is 0 Å². The van der Waals surface area contributed by atoms with E-state index in [9.17, 15) is 14.7 Å². The maximum absolute atomic E-state index is 12.2. The fourth-order valence-corrected chi connectivity index (χ4v) is 6.07. The molecule has 1 aromatic rings. The van der Waals surface area contributed by atoms with Gasteiger partial charge in [-0.25, -0.2) is 0 Å². The summed E-state index contributed by atoms with van der Waals surface area (Å²) in [7, 11) is 0. The minimum Gasteiger partial charge on any atom is -0.397 e. The van der Waals surface area contributed by atoms with Crippen molar-refractivity contribution in [3.8, 4) is 0 Å². The van der Waals surface area contributed by atoms with Gasteiger partial charge in [0.1, 0.15) is 0 Å². The molecule has 0 spiro atoms. The Hall–Kier alpha value is 0.560. The molecule has 0 aliphatic heterocycles. The van der Waals surface area contributed by atoms with E-state index >= 15 is 0 Å². The van der Waals surface area contributed by atoms with Gasteiger partial charge in [0.05, 0.1) is 36.7 Å². The molecule has 0 aliphatic carbocycles. The van der Waals surface area contributed by atoms with E-state index in [1.807, 2.05) is 67.8 Å². The fraction of sp³-hybridized carbons (Fsp3) is 0.273. The number of halogens is 4. The van der Waals surface area contributed by atoms with Crippen LogP contribution >= 0.6 is 79.4 Å². The summed E-state index contributed by atoms with van der Waals surface area (Å²) < 4.78 is 1.39. The third-order valence-electron chi connectivity index (χ3n) is 2.48. The molecular weight excluding hydrogens is 640 g/mol. The van der Waals surface area contributed by atoms with Gasteiger partial charge in [0.15, 0.2) is 0 Å². The number of rotatable bonds is 5. The van der Waals surface area contributed by atoms with Gasteiger partial charge in [0, 0.05) is 10.1 Å². The van der Waals surface area contributed by atoms with Gasteiger partial charge in [-0.1, -0.05) is 0 Å². The molecule has 6 nitrogen and oxygen atoms in total. The molecule has 0 heterocycles. The molecule has 0 aromatic heterocycles. The standard InChI is InChI=1S/C11H10ClI3N2O4/c12-10(20)4-6(13)5(8(15)9(16)7(4)14)11(21)17-1-3(19)2-18/h3,18-19H,1-2,16H2,(H,17,21). The highest BCUT2D eigenvalue weighted by Crippen LogP contribution is 2.34. The second-order valence-corrected chi connectivity index (χ2v) is 7.51. The van der Waals surface area contributed by atoms with Crippen LogP contribution in [-0.4, -0.2) is 40.6 Å². The molecule has 116 valence electrons. The van der Waals surface area contributed by atoms with Crippen LogP contribution in [0.4, 0.5) is 5.69 Å². The number of nitrogen functional groups attached to an aromatic ring is 1. The van der Waals surface area contributed by atoms with E-state index in [1.165, 1.54) is 0 Å². The van der Waals surface area contributed by atoms with Crippen LogP contribution in [-0.2, 0) is 0 Å². The van der Waals surface area contributed by atoms with Crippen molar-refractivity contribution in [1.29, 1.82) is 0 Å². The van der Waals surface area contributed by atoms with Gasteiger partial charge >= 0.3 is 0 Å². The molecule has 0 saturated heterocycles. The van der Waals surface area contributed by atoms with Gasteiger partial charge in [0.2, 0.25) is 0 Å². The Morgan fingerprint density at radius 2 is 1.71 bits per heavy atom. The average Bonchev–Trinajstić information content (AvgIpc) is 2.42. The number of carbonyl (C=O) groups excluding carboxylic acids is 2. The maximum Gasteiger partial charge on any atom is 0.254 e. The molecule has 1 atom stereocenters. The van der Waals surface area contributed by atoms with Gasteiger partial charge in [-0.15, -0.1) is 0 Å². The summed E-state index contributed by atoms with van der Waals surface area (Å²) in [5.41, 5.74) is 6.62. The van der Waals surface area contributed by atoms with E-state index in [2.05, 4.69) is 5.32 Å². The largest absolute Gasteiger partial charge is 0.397 e. The molecule has 0 fully saturated rings. The molecule has 10 heteroatoms. The molecule has 0 saturated carbocycles. The molecule has 1 aromatic carbocycles. The number of nitrogens with two attached hydrogens (primary N) is 1. The number of aliphatic hydroxyl groups excluding tert-OH is 2. The maximum atomic E-state index is 12.2. The van der Waals surface area contributed by atoms with Crippen molar-refractivity contribution in [3.63, 3.8) is 0 Å². The van der Waals surface area contributed by atoms with E-state index < -0.39 is 23.9 Å². The second kappa shape index (κ2) is 8.42. The van der Waals surface area contributed by atoms with Gasteiger partial charge in [-0.2, -0.15) is 0 Å². The second-order valence-electron chi connectivity index (χ2n) is 3.93. The normalized spacial score (nSPS) is 12.1. The quantitative estimate of drug-likeness (QED) is 0.220. The van der Waals surface area contributed by atoms with Crippen LogP contribution in [0.5, 0.6) is 0 Å². The molecule has 1 unspecified atom stereocenters. The van der Waals surface area contributed by atoms with Gasteiger partial charge in [-0.3, -0.25) is 9.59 Å². The van der Waals surface area contributed by atoms with Crippen molar-refractivity contribution < 1.29 is 19.8 Å². The first-order valence-electron chi connectivity index (χ1n) is 5.45. The highest BCUT2D eigenvalue weighted by Gasteiger charge is 2.26. The Labute approximate surface area is 166 Å². The lowest BCUT2D eigenvalue weighted by molar-refractivity contribution is 0.0801. The molecule has 5 N–H and O–H groups in total. The zero-order valence-electron chi connectivity index (χ0n) is 10.3. The first-order valence-corrected chi connectivity index (χ1v) is 9.06. The van der Waals surface area contributed by atoms with Crippen LogP contribution in [0.3, 0.4) is 0 Å². The zero-order valence-corrected chi connectivity index (χ0v) is 17.5. The first-order chi connectivity index (χ1) is 9.72. The summed E-state index contributed by atoms with van der Waals surface area (Å²) in [6.07, 6.45) is -1.06. The highest BCUT2D eigenvalue weighted by atomic mass is 127. The lowest BCUT2D eigenvalue weighted by atomic mass is 10.1. The predicted molar refractivity (Wildman–Crippen MR) is 105 cm³/mol. The summed E-state index contributed by atoms with van der Waals surface area (Å²) in [4.78, 5) is 23.8. The van der Waals surface area contributed by atoms with Crippen molar-refractivity contribution in [1.82, 2.24) is 5.32 Å². The number of aliphatic hydroxyl groups is 2. The Morgan fingerprint density at radius 1 is 1.19 bits per heavy atom. The number of hydrogen-bond donors (Lipinski definition) is 4. The average molecular weight is 650 g/mol. The number of anilines is 1. The van der Waals surface area contributed by atoms with Crippen LogP contribution in [0, 0.1) is 10.7 Å². The van der Waals surface area contributed by atoms with E-state index in [4.69, 9.17) is 22.4 Å². The summed E-state index contributed by atoms with van der Waals surface area (Å²) >= 11 is 11.2. The zero-order chi connectivity index (χ0) is 16.3. The number of hydrogen-bond acceptors (Lipinski definition) is 5. The number of carbonyl (C=O) groups is 2. The molecule has 1 rings (SSSR count). The van der Waals surface area contributed by atoms with Gasteiger partial charge in [0.25, 0.3) is 11.1 Å². The van der Waals surface area contributed by atoms with Crippen molar-refractivity contribution >= 4 is 96.2 Å². The predicted octanol–water partition coefficient (Wildman–Crippen LogP) is 1.54. The lowest BCUT2D eigenvalue weighted by Gasteiger charge is -2.16. The first kappa shape index (κ1) is 19.6. The van der Waals surface area contributed by atoms with Crippen LogP contribution < -0.4 is 11.1 Å². The van der Waals surface area contributed by atoms with E-state index in [-0.39, 0.29) is 17.7 Å². The fourth-order valence-electron chi connectivity index (χ4n) is 1.42. The Bertz CT molecular complexity index is 598. The molecule has 0 aliphatic rings. The SMILES string of the molecule is Nc1c(I)c(C(=O)Cl)c(I)c(C(=O)NCC(O)CO)c1I. The van der Waals surface area contributed by atoms with Crippen molar-refractivity contribution in [2.75, 3.05) is 18.9 Å². The van der Waals surface area contributed by atoms with Crippen LogP contribution in [0.15, 0.2) is 0 Å². The Kier molecular flexibility index (Phi) is 7.86. The number of benzene rings is 1. The Morgan fingerprint density at radius 3 is 2.19 bits per heavy atom. The Balaban J connectivity index is 3.30. The highest BCUT2D eigenvalue weighted by molar-refractivity contribution is 14.1. The monoisotopic (exact) mass is 650 g/mol. The van der Waals surface area contributed by atoms with E-state index in [0.29, 0.717) is 16.4 Å². The summed E-state index contributed by atoms with van der Waals surface area (Å²) in [6.45, 7) is -0.577. The van der Waals surface area contributed by atoms with Gasteiger partial charge < -0.3 is 21.3 Å². The van der Waals surface area contributed by atoms with E-state index in [1.54, 1.807) is 0 Å². The smallest absolute Gasteiger partial charge is 0.254 e. The molecule has 0 radical (unpaired) electrons. The molecule has 0 bridgehead atoms. The molecule has 21 heavy (non-hydrogen) atoms. The van der Waals surface area contributed by atoms with Crippen LogP contribution in [0.1, 0.15) is 20.7 Å². The number of amides is 1. The summed E-state index contributed by atoms with van der Waals surface area (Å²) in [6, 6.07) is 0. The number of nitrogens with one attached hydrogen (secondary N) is 1. The topological polar surface area (TPSA) is 113 Å². The van der Waals surface area contributed by atoms with Crippen molar-refractivity contribution in [2.24, 2.45) is 0 Å². The molecular formula is C11H10ClI3N2O4. The summed E-state index contributed by atoms with van der Waals surface area (Å²) in [5.74, 6) is -0.501. The van der Waals surface area contributed by atoms with Crippen LogP contribution in [0.25, 0.3) is 0 Å². The van der Waals surface area contributed by atoms with Crippen molar-refractivity contribution in [3.05, 3.63) is 21.8 Å². The summed E-state index contributed by atoms with van der Waals surface area (Å²) in [5, 5.41) is 19.8. The minimum absolute atomic E-state index is 0.114. The molecule has 1 amide bonds. The van der Waals surface area contributed by atoms with Crippen LogP contribution in [0.2, 0.25) is 0 Å². The lowest BCUT2D eigenvalue weighted by Crippen LogP contribution is -2.35. The third-order valence-corrected chi connectivity index (χ3v) is 5.99. The van der Waals surface area contributed by atoms with Gasteiger partial charge in [-0.05, 0) is 79.4 Å². The minimum atomic E-state index is -1.06. The van der Waals surface area contributed by atoms with Crippen molar-refractivity contribution in [2.45, 2.75) is 6.10 Å².